The van der Waals surface area contributed by atoms with E-state index >= 15 is 0 Å². The molecule has 9 heteroatoms. The number of methoxy groups -OCH3 is 3. The van der Waals surface area contributed by atoms with Gasteiger partial charge in [0.15, 0.2) is 11.5 Å². The van der Waals surface area contributed by atoms with Crippen LogP contribution in [0.15, 0.2) is 66.2 Å². The Morgan fingerprint density at radius 3 is 2.11 bits per heavy atom. The first kappa shape index (κ1) is 25.9. The molecule has 192 valence electrons. The Labute approximate surface area is 220 Å². The van der Waals surface area contributed by atoms with E-state index in [2.05, 4.69) is 0 Å². The Bertz CT molecular complexity index is 1380. The van der Waals surface area contributed by atoms with Crippen LogP contribution in [-0.4, -0.2) is 52.2 Å². The summed E-state index contributed by atoms with van der Waals surface area (Å²) in [6.45, 7) is 0. The molecule has 1 fully saturated rings. The molecule has 4 rings (SSSR count). The van der Waals surface area contributed by atoms with Gasteiger partial charge in [-0.2, -0.15) is 0 Å². The van der Waals surface area contributed by atoms with Crippen LogP contribution in [0.1, 0.15) is 17.2 Å². The van der Waals surface area contributed by atoms with Crippen molar-refractivity contribution in [2.75, 3.05) is 45.2 Å². The molecular formula is C28H27ClN2O6. The van der Waals surface area contributed by atoms with Crippen LogP contribution < -0.4 is 24.0 Å². The van der Waals surface area contributed by atoms with Gasteiger partial charge in [-0.05, 0) is 60.2 Å². The number of ketones is 1. The van der Waals surface area contributed by atoms with E-state index in [1.807, 2.05) is 31.1 Å². The fourth-order valence-corrected chi connectivity index (χ4v) is 4.51. The highest BCUT2D eigenvalue weighted by Crippen LogP contribution is 2.44. The van der Waals surface area contributed by atoms with E-state index < -0.39 is 17.7 Å². The monoisotopic (exact) mass is 522 g/mol. The molecule has 0 radical (unpaired) electrons. The second kappa shape index (κ2) is 10.4. The number of carbonyl (C=O) groups is 2. The summed E-state index contributed by atoms with van der Waals surface area (Å²) in [5, 5.41) is 11.7. The highest BCUT2D eigenvalue weighted by Gasteiger charge is 2.47. The number of carbonyl (C=O) groups excluding carboxylic acids is 2. The minimum Gasteiger partial charge on any atom is -0.507 e. The van der Waals surface area contributed by atoms with Gasteiger partial charge in [0.1, 0.15) is 11.5 Å². The van der Waals surface area contributed by atoms with Crippen molar-refractivity contribution in [2.45, 2.75) is 6.04 Å². The SMILES string of the molecule is COc1cc(/C(O)=C2/C(=O)C(=O)N(c3ccc(N(C)C)cc3)C2c2ccc(OC)c(OC)c2)ccc1Cl. The van der Waals surface area contributed by atoms with Crippen LogP contribution in [0.2, 0.25) is 5.02 Å². The molecule has 1 aliphatic heterocycles. The molecule has 0 saturated carbocycles. The number of rotatable bonds is 7. The first-order chi connectivity index (χ1) is 17.7. The van der Waals surface area contributed by atoms with Gasteiger partial charge in [-0.1, -0.05) is 17.7 Å². The Hall–Kier alpha value is -4.17. The maximum atomic E-state index is 13.4. The molecule has 1 heterocycles. The quantitative estimate of drug-likeness (QED) is 0.263. The summed E-state index contributed by atoms with van der Waals surface area (Å²) in [5.74, 6) is -0.701. The minimum absolute atomic E-state index is 0.0710. The molecule has 1 unspecified atom stereocenters. The van der Waals surface area contributed by atoms with Gasteiger partial charge in [-0.25, -0.2) is 0 Å². The number of nitrogens with zero attached hydrogens (tertiary/aromatic N) is 2. The van der Waals surface area contributed by atoms with Crippen molar-refractivity contribution < 1.29 is 28.9 Å². The van der Waals surface area contributed by atoms with Gasteiger partial charge in [0.05, 0.1) is 38.0 Å². The van der Waals surface area contributed by atoms with Gasteiger partial charge in [-0.3, -0.25) is 14.5 Å². The first-order valence-electron chi connectivity index (χ1n) is 11.4. The maximum Gasteiger partial charge on any atom is 0.300 e. The van der Waals surface area contributed by atoms with Crippen LogP contribution in [0.4, 0.5) is 11.4 Å². The summed E-state index contributed by atoms with van der Waals surface area (Å²) in [7, 11) is 8.28. The zero-order chi connectivity index (χ0) is 26.9. The number of aliphatic hydroxyl groups excluding tert-OH is 1. The lowest BCUT2D eigenvalue weighted by Crippen LogP contribution is -2.29. The fourth-order valence-electron chi connectivity index (χ4n) is 4.31. The van der Waals surface area contributed by atoms with Crippen LogP contribution in [0.3, 0.4) is 0 Å². The summed E-state index contributed by atoms with van der Waals surface area (Å²) in [5.41, 5.74) is 2.19. The van der Waals surface area contributed by atoms with Crippen LogP contribution in [0, 0.1) is 0 Å². The van der Waals surface area contributed by atoms with Crippen molar-refractivity contribution in [1.29, 1.82) is 0 Å². The second-order valence-electron chi connectivity index (χ2n) is 8.54. The van der Waals surface area contributed by atoms with E-state index in [4.69, 9.17) is 25.8 Å². The molecule has 1 saturated heterocycles. The third kappa shape index (κ3) is 4.68. The van der Waals surface area contributed by atoms with Gasteiger partial charge in [0, 0.05) is 31.0 Å². The maximum absolute atomic E-state index is 13.4. The van der Waals surface area contributed by atoms with Crippen LogP contribution in [0.5, 0.6) is 17.2 Å². The van der Waals surface area contributed by atoms with Crippen LogP contribution in [-0.2, 0) is 9.59 Å². The molecular weight excluding hydrogens is 496 g/mol. The Balaban J connectivity index is 1.95. The van der Waals surface area contributed by atoms with E-state index in [9.17, 15) is 14.7 Å². The first-order valence-corrected chi connectivity index (χ1v) is 11.7. The summed E-state index contributed by atoms with van der Waals surface area (Å²) >= 11 is 6.16. The molecule has 1 atom stereocenters. The molecule has 1 N–H and O–H groups in total. The third-order valence-corrected chi connectivity index (χ3v) is 6.55. The van der Waals surface area contributed by atoms with Crippen molar-refractivity contribution in [3.63, 3.8) is 0 Å². The van der Waals surface area contributed by atoms with Gasteiger partial charge in [0.25, 0.3) is 11.7 Å². The second-order valence-corrected chi connectivity index (χ2v) is 8.95. The van der Waals surface area contributed by atoms with Crippen molar-refractivity contribution in [2.24, 2.45) is 0 Å². The average Bonchev–Trinajstić information content (AvgIpc) is 3.18. The number of benzene rings is 3. The zero-order valence-electron chi connectivity index (χ0n) is 21.1. The van der Waals surface area contributed by atoms with Gasteiger partial charge >= 0.3 is 0 Å². The van der Waals surface area contributed by atoms with E-state index in [-0.39, 0.29) is 16.9 Å². The lowest BCUT2D eigenvalue weighted by atomic mass is 9.94. The van der Waals surface area contributed by atoms with Crippen molar-refractivity contribution >= 4 is 40.4 Å². The predicted octanol–water partition coefficient (Wildman–Crippen LogP) is 5.06. The van der Waals surface area contributed by atoms with Crippen LogP contribution >= 0.6 is 11.6 Å². The zero-order valence-corrected chi connectivity index (χ0v) is 21.9. The number of aliphatic hydroxyl groups is 1. The van der Waals surface area contributed by atoms with E-state index in [0.29, 0.717) is 33.5 Å². The number of Topliss-reactive ketones (excluding diaryl/α,β-unsaturated/α-hetero) is 1. The van der Waals surface area contributed by atoms with Crippen molar-refractivity contribution in [1.82, 2.24) is 0 Å². The minimum atomic E-state index is -0.938. The molecule has 1 aliphatic rings. The number of hydrogen-bond acceptors (Lipinski definition) is 7. The van der Waals surface area contributed by atoms with E-state index in [1.165, 1.54) is 32.3 Å². The average molecular weight is 523 g/mol. The van der Waals surface area contributed by atoms with E-state index in [1.54, 1.807) is 42.5 Å². The lowest BCUT2D eigenvalue weighted by Gasteiger charge is -2.26. The normalized spacial score (nSPS) is 16.6. The molecule has 8 nitrogen and oxygen atoms in total. The molecule has 1 amide bonds. The van der Waals surface area contributed by atoms with Gasteiger partial charge in [0.2, 0.25) is 0 Å². The molecule has 37 heavy (non-hydrogen) atoms. The summed E-state index contributed by atoms with van der Waals surface area (Å²) in [6.07, 6.45) is 0. The predicted molar refractivity (Wildman–Crippen MR) is 143 cm³/mol. The Morgan fingerprint density at radius 2 is 1.51 bits per heavy atom. The Kier molecular flexibility index (Phi) is 7.31. The Morgan fingerprint density at radius 1 is 0.865 bits per heavy atom. The fraction of sp³-hybridized carbons (Fsp3) is 0.214. The number of anilines is 2. The summed E-state index contributed by atoms with van der Waals surface area (Å²) in [4.78, 5) is 30.2. The summed E-state index contributed by atoms with van der Waals surface area (Å²) < 4.78 is 16.1. The van der Waals surface area contributed by atoms with E-state index in [0.717, 1.165) is 5.69 Å². The lowest BCUT2D eigenvalue weighted by molar-refractivity contribution is -0.132. The standard InChI is InChI=1S/C28H27ClN2O6/c1-30(2)18-8-10-19(11-9-18)31-25(16-7-13-21(35-3)23(14-16)37-5)24(27(33)28(31)34)26(32)17-6-12-20(29)22(15-17)36-4/h6-15,25,32H,1-5H3/b26-24-. The number of hydrogen-bond donors (Lipinski definition) is 1. The molecule has 0 aliphatic carbocycles. The highest BCUT2D eigenvalue weighted by molar-refractivity contribution is 6.51. The largest absolute Gasteiger partial charge is 0.507 e. The number of halogens is 1. The van der Waals surface area contributed by atoms with Gasteiger partial charge < -0.3 is 24.2 Å². The van der Waals surface area contributed by atoms with Crippen molar-refractivity contribution in [3.05, 3.63) is 82.4 Å². The highest BCUT2D eigenvalue weighted by atomic mass is 35.5. The van der Waals surface area contributed by atoms with Crippen LogP contribution in [0.25, 0.3) is 5.76 Å². The molecule has 3 aromatic rings. The molecule has 3 aromatic carbocycles. The number of ether oxygens (including phenoxy) is 3. The molecule has 0 aromatic heterocycles. The number of amides is 1. The molecule has 0 spiro atoms. The summed E-state index contributed by atoms with van der Waals surface area (Å²) in [6, 6.07) is 16.0. The molecule has 0 bridgehead atoms. The smallest absolute Gasteiger partial charge is 0.300 e. The van der Waals surface area contributed by atoms with Gasteiger partial charge in [-0.15, -0.1) is 0 Å². The van der Waals surface area contributed by atoms with Crippen molar-refractivity contribution in [3.8, 4) is 17.2 Å². The third-order valence-electron chi connectivity index (χ3n) is 6.24. The topological polar surface area (TPSA) is 88.5 Å².